The van der Waals surface area contributed by atoms with Crippen LogP contribution in [-0.4, -0.2) is 56.6 Å². The van der Waals surface area contributed by atoms with Crippen molar-refractivity contribution in [1.29, 1.82) is 0 Å². The van der Waals surface area contributed by atoms with E-state index in [-0.39, 0.29) is 6.10 Å². The second-order valence-electron chi connectivity index (χ2n) is 5.64. The van der Waals surface area contributed by atoms with Crippen molar-refractivity contribution in [2.24, 2.45) is 5.92 Å². The van der Waals surface area contributed by atoms with Gasteiger partial charge in [0, 0.05) is 0 Å². The van der Waals surface area contributed by atoms with Gasteiger partial charge in [0.1, 0.15) is 0 Å². The zero-order valence-corrected chi connectivity index (χ0v) is 12.8. The van der Waals surface area contributed by atoms with Crippen LogP contribution in [0.15, 0.2) is 0 Å². The van der Waals surface area contributed by atoms with Crippen molar-refractivity contribution in [3.05, 3.63) is 0 Å². The Morgan fingerprint density at radius 3 is 2.59 bits per heavy atom. The Hall–Kier alpha value is 0.109. The van der Waals surface area contributed by atoms with Crippen molar-refractivity contribution in [1.82, 2.24) is 4.90 Å². The van der Waals surface area contributed by atoms with Gasteiger partial charge in [-0.05, 0) is 0 Å². The average Bonchev–Trinajstić information content (AvgIpc) is 2.86. The van der Waals surface area contributed by atoms with Crippen LogP contribution >= 0.6 is 0 Å². The minimum atomic E-state index is -0.399. The van der Waals surface area contributed by atoms with E-state index < -0.39 is 5.79 Å². The van der Waals surface area contributed by atoms with E-state index in [0.717, 1.165) is 13.0 Å². The van der Waals surface area contributed by atoms with Crippen molar-refractivity contribution in [3.8, 4) is 0 Å². The predicted octanol–water partition coefficient (Wildman–Crippen LogP) is 1.56. The fraction of sp³-hybridized carbons (Fsp3) is 0.923. The molecule has 2 aliphatic heterocycles. The van der Waals surface area contributed by atoms with E-state index in [1.807, 2.05) is 13.8 Å². The molecule has 2 atom stereocenters. The van der Waals surface area contributed by atoms with Crippen LogP contribution in [-0.2, 0) is 9.47 Å². The minimum absolute atomic E-state index is 0.232. The SMILES string of the molecule is CC(CC(=[Se])N1CCCC1)[C@H]1COC(C)(C)O1. The summed E-state index contributed by atoms with van der Waals surface area (Å²) in [5.41, 5.74) is 0. The van der Waals surface area contributed by atoms with Gasteiger partial charge in [-0.1, -0.05) is 0 Å². The molecule has 0 radical (unpaired) electrons. The molecular formula is C13H23NO2Se. The molecule has 0 amide bonds. The monoisotopic (exact) mass is 305 g/mol. The van der Waals surface area contributed by atoms with Gasteiger partial charge in [0.2, 0.25) is 0 Å². The van der Waals surface area contributed by atoms with Gasteiger partial charge in [-0.2, -0.15) is 0 Å². The van der Waals surface area contributed by atoms with E-state index >= 15 is 0 Å². The summed E-state index contributed by atoms with van der Waals surface area (Å²) < 4.78 is 12.9. The number of nitrogens with zero attached hydrogens (tertiary/aromatic N) is 1. The van der Waals surface area contributed by atoms with Gasteiger partial charge in [0.15, 0.2) is 0 Å². The first-order chi connectivity index (χ1) is 7.98. The van der Waals surface area contributed by atoms with Gasteiger partial charge in [-0.3, -0.25) is 0 Å². The fourth-order valence-electron chi connectivity index (χ4n) is 2.50. The van der Waals surface area contributed by atoms with Gasteiger partial charge < -0.3 is 0 Å². The molecule has 0 aromatic heterocycles. The Morgan fingerprint density at radius 1 is 1.41 bits per heavy atom. The van der Waals surface area contributed by atoms with Crippen LogP contribution in [0.3, 0.4) is 0 Å². The topological polar surface area (TPSA) is 21.7 Å². The van der Waals surface area contributed by atoms with Crippen molar-refractivity contribution in [2.45, 2.75) is 51.9 Å². The summed E-state index contributed by atoms with van der Waals surface area (Å²) in [5, 5.41) is 0. The normalized spacial score (nSPS) is 29.6. The van der Waals surface area contributed by atoms with Crippen molar-refractivity contribution >= 4 is 20.1 Å². The van der Waals surface area contributed by atoms with Crippen LogP contribution < -0.4 is 0 Å². The van der Waals surface area contributed by atoms with Crippen molar-refractivity contribution in [3.63, 3.8) is 0 Å². The van der Waals surface area contributed by atoms with Gasteiger partial charge in [0.05, 0.1) is 0 Å². The third-order valence-corrected chi connectivity index (χ3v) is 4.51. The molecule has 0 saturated carbocycles. The number of hydrogen-bond donors (Lipinski definition) is 0. The molecule has 1 unspecified atom stereocenters. The summed E-state index contributed by atoms with van der Waals surface area (Å²) in [6.45, 7) is 9.38. The van der Waals surface area contributed by atoms with E-state index in [9.17, 15) is 0 Å². The summed E-state index contributed by atoms with van der Waals surface area (Å²) in [5.74, 6) is 0.109. The molecule has 2 heterocycles. The van der Waals surface area contributed by atoms with Crippen LogP contribution in [0.4, 0.5) is 0 Å². The summed E-state index contributed by atoms with van der Waals surface area (Å²) in [4.78, 5) is 2.47. The Bertz CT molecular complexity index is 287. The molecule has 2 aliphatic rings. The number of likely N-dealkylation sites (tertiary alicyclic amines) is 1. The first kappa shape index (κ1) is 13.5. The molecule has 0 N–H and O–H groups in total. The van der Waals surface area contributed by atoms with Gasteiger partial charge in [-0.25, -0.2) is 0 Å². The molecule has 2 rings (SSSR count). The molecule has 2 fully saturated rings. The van der Waals surface area contributed by atoms with E-state index in [4.69, 9.17) is 9.47 Å². The van der Waals surface area contributed by atoms with E-state index in [1.165, 1.54) is 30.5 Å². The molecule has 3 nitrogen and oxygen atoms in total. The van der Waals surface area contributed by atoms with Crippen LogP contribution in [0.1, 0.15) is 40.0 Å². The number of ether oxygens (including phenoxy) is 2. The summed E-state index contributed by atoms with van der Waals surface area (Å²) >= 11 is 3.24. The third-order valence-electron chi connectivity index (χ3n) is 3.62. The second kappa shape index (κ2) is 5.39. The number of hydrogen-bond acceptors (Lipinski definition) is 3. The predicted molar refractivity (Wildman–Crippen MR) is 70.3 cm³/mol. The first-order valence-electron chi connectivity index (χ1n) is 6.57. The quantitative estimate of drug-likeness (QED) is 0.736. The van der Waals surface area contributed by atoms with Crippen LogP contribution in [0, 0.1) is 5.92 Å². The second-order valence-corrected chi connectivity index (χ2v) is 6.63. The maximum atomic E-state index is 5.91. The molecule has 98 valence electrons. The summed E-state index contributed by atoms with van der Waals surface area (Å²) in [6, 6.07) is 0. The summed E-state index contributed by atoms with van der Waals surface area (Å²) in [6.07, 6.45) is 3.96. The first-order valence-corrected chi connectivity index (χ1v) is 7.43. The van der Waals surface area contributed by atoms with Crippen LogP contribution in [0.5, 0.6) is 0 Å². The summed E-state index contributed by atoms with van der Waals surface area (Å²) in [7, 11) is 0. The van der Waals surface area contributed by atoms with Gasteiger partial charge >= 0.3 is 112 Å². The Labute approximate surface area is 112 Å². The molecule has 0 bridgehead atoms. The van der Waals surface area contributed by atoms with E-state index in [1.54, 1.807) is 0 Å². The van der Waals surface area contributed by atoms with E-state index in [2.05, 4.69) is 27.4 Å². The standard InChI is InChI=1S/C13H23NO2Se/c1-10(11-9-15-13(2,3)16-11)8-12(17)14-6-4-5-7-14/h10-11H,4-9H2,1-3H3/t10?,11-/m1/s1. The number of rotatable bonds is 4. The molecule has 4 heteroatoms. The van der Waals surface area contributed by atoms with Crippen LogP contribution in [0.25, 0.3) is 0 Å². The zero-order chi connectivity index (χ0) is 12.5. The molecule has 2 saturated heterocycles. The Kier molecular flexibility index (Phi) is 4.30. The van der Waals surface area contributed by atoms with Crippen molar-refractivity contribution in [2.75, 3.05) is 19.7 Å². The van der Waals surface area contributed by atoms with E-state index in [0.29, 0.717) is 5.92 Å². The molecule has 0 aromatic carbocycles. The maximum absolute atomic E-state index is 5.91. The molecule has 0 aromatic rings. The molecule has 17 heavy (non-hydrogen) atoms. The van der Waals surface area contributed by atoms with Crippen molar-refractivity contribution < 1.29 is 9.47 Å². The van der Waals surface area contributed by atoms with Gasteiger partial charge in [-0.15, -0.1) is 0 Å². The fourth-order valence-corrected chi connectivity index (χ4v) is 3.43. The molecule has 0 aliphatic carbocycles. The third kappa shape index (κ3) is 3.54. The Morgan fingerprint density at radius 2 is 2.06 bits per heavy atom. The average molecular weight is 304 g/mol. The zero-order valence-electron chi connectivity index (χ0n) is 11.1. The Balaban J connectivity index is 1.80. The molecule has 0 spiro atoms. The van der Waals surface area contributed by atoms with Gasteiger partial charge in [0.25, 0.3) is 0 Å². The van der Waals surface area contributed by atoms with Crippen LogP contribution in [0.2, 0.25) is 0 Å². The molecular weight excluding hydrogens is 281 g/mol.